The fraction of sp³-hybridized carbons (Fsp3) is 0.900. The Morgan fingerprint density at radius 3 is 2.39 bits per heavy atom. The Kier molecular flexibility index (Phi) is 6.31. The molecule has 3 unspecified atom stereocenters. The van der Waals surface area contributed by atoms with Crippen LogP contribution < -0.4 is 0 Å². The zero-order chi connectivity index (χ0) is 24.6. The Morgan fingerprint density at radius 2 is 1.76 bits per heavy atom. The lowest BCUT2D eigenvalue weighted by Gasteiger charge is -2.63. The summed E-state index contributed by atoms with van der Waals surface area (Å²) in [5.74, 6) is 2.88. The summed E-state index contributed by atoms with van der Waals surface area (Å²) in [6, 6.07) is 0. The molecule has 4 aliphatic carbocycles. The highest BCUT2D eigenvalue weighted by Gasteiger charge is 2.65. The van der Waals surface area contributed by atoms with Crippen LogP contribution in [0.5, 0.6) is 0 Å². The normalized spacial score (nSPS) is 44.4. The molecule has 2 nitrogen and oxygen atoms in total. The number of rotatable bonds is 5. The van der Waals surface area contributed by atoms with Crippen LogP contribution in [0.3, 0.4) is 0 Å². The molecule has 0 amide bonds. The van der Waals surface area contributed by atoms with Crippen molar-refractivity contribution in [2.75, 3.05) is 0 Å². The molecule has 0 aromatic carbocycles. The zero-order valence-corrected chi connectivity index (χ0v) is 23.3. The monoisotopic (exact) mass is 476 g/mol. The third-order valence-corrected chi connectivity index (χ3v) is 12.3. The number of hydrogen-bond acceptors (Lipinski definition) is 2. The largest absolute Gasteiger partial charge is 0.391 e. The molecule has 0 spiro atoms. The number of ketones is 1. The number of aliphatic hydroxyl groups is 1. The second-order valence-electron chi connectivity index (χ2n) is 14.2. The van der Waals surface area contributed by atoms with Gasteiger partial charge in [0.05, 0.1) is 11.0 Å². The number of aliphatic hydroxyl groups excluding tert-OH is 1. The number of hydrogen-bond donors (Lipinski definition) is 1. The zero-order valence-electron chi connectivity index (χ0n) is 22.6. The van der Waals surface area contributed by atoms with Crippen molar-refractivity contribution in [3.63, 3.8) is 0 Å². The molecular formula is C30H49ClO2. The first-order valence-corrected chi connectivity index (χ1v) is 14.1. The highest BCUT2D eigenvalue weighted by molar-refractivity contribution is 6.23. The first-order valence-electron chi connectivity index (χ1n) is 13.7. The van der Waals surface area contributed by atoms with Gasteiger partial charge in [-0.2, -0.15) is 0 Å². The molecule has 4 rings (SSSR count). The van der Waals surface area contributed by atoms with Crippen molar-refractivity contribution in [3.05, 3.63) is 11.6 Å². The van der Waals surface area contributed by atoms with Gasteiger partial charge in [0.25, 0.3) is 0 Å². The molecule has 33 heavy (non-hydrogen) atoms. The third-order valence-electron chi connectivity index (χ3n) is 12.0. The highest BCUT2D eigenvalue weighted by atomic mass is 35.5. The molecule has 0 aromatic heterocycles. The van der Waals surface area contributed by atoms with Gasteiger partial charge in [0.15, 0.2) is 0 Å². The predicted molar refractivity (Wildman–Crippen MR) is 138 cm³/mol. The summed E-state index contributed by atoms with van der Waals surface area (Å²) in [5.41, 5.74) is 2.39. The second-order valence-corrected chi connectivity index (χ2v) is 15.2. The average Bonchev–Trinajstić information content (AvgIpc) is 3.00. The van der Waals surface area contributed by atoms with E-state index in [0.29, 0.717) is 34.9 Å². The Labute approximate surface area is 208 Å². The molecule has 0 radical (unpaired) electrons. The molecule has 0 saturated heterocycles. The number of halogens is 1. The summed E-state index contributed by atoms with van der Waals surface area (Å²) in [6.45, 7) is 18.4. The summed E-state index contributed by atoms with van der Waals surface area (Å²) < 4.78 is 0. The first-order chi connectivity index (χ1) is 15.1. The molecule has 0 heterocycles. The van der Waals surface area contributed by atoms with E-state index in [2.05, 4.69) is 47.6 Å². The molecule has 0 bridgehead atoms. The van der Waals surface area contributed by atoms with E-state index in [1.807, 2.05) is 13.8 Å². The quantitative estimate of drug-likeness (QED) is 0.322. The van der Waals surface area contributed by atoms with Gasteiger partial charge in [0.2, 0.25) is 0 Å². The van der Waals surface area contributed by atoms with Crippen LogP contribution in [0.4, 0.5) is 0 Å². The first kappa shape index (κ1) is 25.7. The Hall–Kier alpha value is -0.340. The van der Waals surface area contributed by atoms with Crippen molar-refractivity contribution in [1.82, 2.24) is 0 Å². The van der Waals surface area contributed by atoms with Crippen LogP contribution in [0.15, 0.2) is 11.6 Å². The number of allylic oxidation sites excluding steroid dienone is 2. The SMILES string of the molecule is C[C@@H](CCC(O)C(C)(C)Cl)[C@@H]1CC[C@@]2(C)C3=CCC4C(C)(C)C(=O)CC[C@]4(C)C3CC[C@]12C. The molecule has 3 fully saturated rings. The van der Waals surface area contributed by atoms with Crippen LogP contribution in [-0.2, 0) is 4.79 Å². The molecule has 8 atom stereocenters. The van der Waals surface area contributed by atoms with E-state index in [9.17, 15) is 9.90 Å². The summed E-state index contributed by atoms with van der Waals surface area (Å²) in [7, 11) is 0. The summed E-state index contributed by atoms with van der Waals surface area (Å²) in [5, 5.41) is 10.5. The summed E-state index contributed by atoms with van der Waals surface area (Å²) >= 11 is 6.38. The fourth-order valence-electron chi connectivity index (χ4n) is 9.43. The Bertz CT molecular complexity index is 822. The lowest BCUT2D eigenvalue weighted by molar-refractivity contribution is -0.146. The number of carbonyl (C=O) groups is 1. The molecule has 188 valence electrons. The van der Waals surface area contributed by atoms with Crippen molar-refractivity contribution in [1.29, 1.82) is 0 Å². The maximum absolute atomic E-state index is 12.8. The number of carbonyl (C=O) groups excluding carboxylic acids is 1. The number of fused-ring (bicyclic) bond motifs is 5. The van der Waals surface area contributed by atoms with Crippen molar-refractivity contribution < 1.29 is 9.90 Å². The predicted octanol–water partition coefficient (Wildman–Crippen LogP) is 7.96. The van der Waals surface area contributed by atoms with Gasteiger partial charge >= 0.3 is 0 Å². The van der Waals surface area contributed by atoms with Gasteiger partial charge in [0, 0.05) is 11.8 Å². The molecule has 3 heteroatoms. The van der Waals surface area contributed by atoms with Crippen molar-refractivity contribution >= 4 is 17.4 Å². The van der Waals surface area contributed by atoms with Gasteiger partial charge in [-0.3, -0.25) is 4.79 Å². The molecular weight excluding hydrogens is 428 g/mol. The van der Waals surface area contributed by atoms with Gasteiger partial charge in [-0.25, -0.2) is 0 Å². The van der Waals surface area contributed by atoms with Gasteiger partial charge < -0.3 is 5.11 Å². The smallest absolute Gasteiger partial charge is 0.138 e. The van der Waals surface area contributed by atoms with Gasteiger partial charge in [-0.1, -0.05) is 53.2 Å². The van der Waals surface area contributed by atoms with E-state index in [1.165, 1.54) is 25.7 Å². The molecule has 1 N–H and O–H groups in total. The van der Waals surface area contributed by atoms with E-state index in [4.69, 9.17) is 11.6 Å². The average molecular weight is 477 g/mol. The molecule has 4 aliphatic rings. The van der Waals surface area contributed by atoms with E-state index in [0.717, 1.165) is 32.1 Å². The number of alkyl halides is 1. The highest BCUT2D eigenvalue weighted by Crippen LogP contribution is 2.73. The van der Waals surface area contributed by atoms with Crippen LogP contribution in [0.2, 0.25) is 0 Å². The molecule has 0 aromatic rings. The lowest BCUT2D eigenvalue weighted by atomic mass is 9.41. The maximum atomic E-state index is 12.8. The summed E-state index contributed by atoms with van der Waals surface area (Å²) in [6.07, 6.45) is 12.0. The molecule has 0 aliphatic heterocycles. The van der Waals surface area contributed by atoms with Crippen LogP contribution >= 0.6 is 11.6 Å². The van der Waals surface area contributed by atoms with E-state index in [-0.39, 0.29) is 16.2 Å². The lowest BCUT2D eigenvalue weighted by Crippen LogP contribution is -2.57. The van der Waals surface area contributed by atoms with E-state index < -0.39 is 11.0 Å². The third kappa shape index (κ3) is 3.71. The minimum atomic E-state index is -0.556. The number of Topliss-reactive ketones (excluding diaryl/α,β-unsaturated/α-hetero) is 1. The van der Waals surface area contributed by atoms with Crippen molar-refractivity contribution in [2.45, 2.75) is 124 Å². The van der Waals surface area contributed by atoms with E-state index >= 15 is 0 Å². The fourth-order valence-corrected chi connectivity index (χ4v) is 9.54. The minimum Gasteiger partial charge on any atom is -0.391 e. The van der Waals surface area contributed by atoms with Crippen molar-refractivity contribution in [2.24, 2.45) is 45.3 Å². The van der Waals surface area contributed by atoms with Gasteiger partial charge in [-0.15, -0.1) is 11.6 Å². The van der Waals surface area contributed by atoms with Crippen LogP contribution in [0, 0.1) is 45.3 Å². The van der Waals surface area contributed by atoms with Gasteiger partial charge in [0.1, 0.15) is 5.78 Å². The summed E-state index contributed by atoms with van der Waals surface area (Å²) in [4.78, 5) is 12.3. The van der Waals surface area contributed by atoms with E-state index in [1.54, 1.807) is 5.57 Å². The minimum absolute atomic E-state index is 0.194. The van der Waals surface area contributed by atoms with Crippen LogP contribution in [0.1, 0.15) is 113 Å². The topological polar surface area (TPSA) is 37.3 Å². The maximum Gasteiger partial charge on any atom is 0.138 e. The van der Waals surface area contributed by atoms with Crippen LogP contribution in [-0.4, -0.2) is 21.9 Å². The molecule has 3 saturated carbocycles. The Balaban J connectivity index is 1.59. The second kappa shape index (κ2) is 8.09. The van der Waals surface area contributed by atoms with Crippen LogP contribution in [0.25, 0.3) is 0 Å². The standard InChI is InChI=1S/C30H49ClO2/c1-19(9-12-25(33)27(4,5)31)20-13-17-30(8)22-10-11-23-26(2,3)24(32)15-16-28(23,6)21(22)14-18-29(20,30)7/h10,19-21,23,25,33H,9,11-18H2,1-8H3/t19-,20-,21?,23?,25?,28+,29+,30-/m0/s1. The van der Waals surface area contributed by atoms with Gasteiger partial charge in [-0.05, 0) is 105 Å². The van der Waals surface area contributed by atoms with Crippen molar-refractivity contribution in [3.8, 4) is 0 Å². The Morgan fingerprint density at radius 1 is 1.09 bits per heavy atom.